The molecule has 0 aromatic carbocycles. The van der Waals surface area contributed by atoms with Crippen molar-refractivity contribution < 1.29 is 23.5 Å². The van der Waals surface area contributed by atoms with Gasteiger partial charge in [0.1, 0.15) is 11.2 Å². The van der Waals surface area contributed by atoms with Gasteiger partial charge in [-0.2, -0.15) is 0 Å². The molecular formula is C26H45FN10O4S. The van der Waals surface area contributed by atoms with Gasteiger partial charge in [0.05, 0.1) is 30.9 Å². The minimum atomic E-state index is -0.780. The van der Waals surface area contributed by atoms with Gasteiger partial charge in [0, 0.05) is 38.6 Å². The third-order valence-electron chi connectivity index (χ3n) is 8.49. The smallest absolute Gasteiger partial charge is 0.349 e. The Kier molecular flexibility index (Phi) is 11.4. The number of nitrogens with one attached hydrogen (secondary N) is 2. The molecule has 6 atom stereocenters. The lowest BCUT2D eigenvalue weighted by molar-refractivity contribution is -0.123. The minimum absolute atomic E-state index is 0.127. The molecule has 10 N–H and O–H groups in total. The van der Waals surface area contributed by atoms with E-state index in [2.05, 4.69) is 14.9 Å². The van der Waals surface area contributed by atoms with Crippen LogP contribution in [-0.4, -0.2) is 94.7 Å². The fourth-order valence-electron chi connectivity index (χ4n) is 5.92. The molecule has 0 saturated carbocycles. The van der Waals surface area contributed by atoms with Gasteiger partial charge in [-0.25, -0.2) is 36.5 Å². The van der Waals surface area contributed by atoms with Crippen molar-refractivity contribution in [1.82, 2.24) is 30.0 Å². The van der Waals surface area contributed by atoms with Crippen LogP contribution in [-0.2, 0) is 9.53 Å². The Morgan fingerprint density at radius 2 is 1.88 bits per heavy atom. The molecule has 0 aromatic heterocycles. The Balaban J connectivity index is 1.30. The second-order valence-electron chi connectivity index (χ2n) is 11.5. The van der Waals surface area contributed by atoms with Gasteiger partial charge >= 0.3 is 12.1 Å². The third kappa shape index (κ3) is 7.92. The van der Waals surface area contributed by atoms with E-state index in [0.717, 1.165) is 53.0 Å². The lowest BCUT2D eigenvalue weighted by Crippen LogP contribution is -2.57. The summed E-state index contributed by atoms with van der Waals surface area (Å²) in [5, 5.41) is 4.99. The number of ether oxygens (including phenoxy) is 1. The zero-order valence-electron chi connectivity index (χ0n) is 24.1. The second-order valence-corrected chi connectivity index (χ2v) is 12.5. The number of hydrazine groups is 3. The number of morpholine rings is 1. The van der Waals surface area contributed by atoms with E-state index in [1.807, 2.05) is 13.0 Å². The summed E-state index contributed by atoms with van der Waals surface area (Å²) < 4.78 is 22.8. The monoisotopic (exact) mass is 612 g/mol. The van der Waals surface area contributed by atoms with Gasteiger partial charge in [0.25, 0.3) is 0 Å². The van der Waals surface area contributed by atoms with Gasteiger partial charge in [-0.15, -0.1) is 0 Å². The molecule has 2 aliphatic carbocycles. The van der Waals surface area contributed by atoms with Crippen molar-refractivity contribution in [2.24, 2.45) is 41.0 Å². The summed E-state index contributed by atoms with van der Waals surface area (Å²) in [5.41, 5.74) is 6.10. The minimum Gasteiger partial charge on any atom is -0.379 e. The Bertz CT molecular complexity index is 1040. The van der Waals surface area contributed by atoms with E-state index >= 15 is 0 Å². The summed E-state index contributed by atoms with van der Waals surface area (Å²) in [6, 6.07) is -1.98. The number of nitrogens with two attached hydrogens (primary N) is 4. The summed E-state index contributed by atoms with van der Waals surface area (Å²) in [6.45, 7) is 6.18. The average Bonchev–Trinajstić information content (AvgIpc) is 3.44. The number of amides is 5. The number of allylic oxidation sites excluding steroid dienone is 2. The van der Waals surface area contributed by atoms with E-state index in [9.17, 15) is 18.8 Å². The Morgan fingerprint density at radius 3 is 2.55 bits per heavy atom. The second kappa shape index (κ2) is 14.8. The van der Waals surface area contributed by atoms with Crippen molar-refractivity contribution in [2.45, 2.75) is 62.9 Å². The highest BCUT2D eigenvalue weighted by Crippen LogP contribution is 2.38. The van der Waals surface area contributed by atoms with Crippen LogP contribution >= 0.6 is 11.9 Å². The van der Waals surface area contributed by atoms with Crippen molar-refractivity contribution in [3.63, 3.8) is 0 Å². The molecule has 4 aliphatic rings. The van der Waals surface area contributed by atoms with Crippen LogP contribution in [0.4, 0.5) is 14.0 Å². The highest BCUT2D eigenvalue weighted by Gasteiger charge is 2.48. The zero-order valence-corrected chi connectivity index (χ0v) is 24.9. The lowest BCUT2D eigenvalue weighted by Gasteiger charge is -2.35. The zero-order chi connectivity index (χ0) is 30.4. The fraction of sp³-hybridized carbons (Fsp3) is 0.731. The molecule has 0 radical (unpaired) electrons. The summed E-state index contributed by atoms with van der Waals surface area (Å²) in [4.78, 5) is 40.6. The summed E-state index contributed by atoms with van der Waals surface area (Å²) in [7, 11) is 0. The number of halogens is 1. The van der Waals surface area contributed by atoms with Gasteiger partial charge in [0.2, 0.25) is 5.91 Å². The van der Waals surface area contributed by atoms with E-state index in [1.54, 1.807) is 6.08 Å². The normalized spacial score (nSPS) is 30.2. The Hall–Kier alpha value is -2.47. The number of rotatable bonds is 9. The van der Waals surface area contributed by atoms with Gasteiger partial charge in [-0.1, -0.05) is 31.0 Å². The average molecular weight is 613 g/mol. The summed E-state index contributed by atoms with van der Waals surface area (Å²) in [6.07, 6.45) is 7.01. The van der Waals surface area contributed by atoms with Crippen LogP contribution in [0, 0.1) is 17.8 Å². The van der Waals surface area contributed by atoms with E-state index in [1.165, 1.54) is 0 Å². The quantitative estimate of drug-likeness (QED) is 0.0698. The van der Waals surface area contributed by atoms with Gasteiger partial charge in [0.15, 0.2) is 0 Å². The number of hydrogen-bond donors (Lipinski definition) is 6. The summed E-state index contributed by atoms with van der Waals surface area (Å²) >= 11 is 1.16. The third-order valence-corrected chi connectivity index (χ3v) is 9.66. The van der Waals surface area contributed by atoms with Crippen molar-refractivity contribution >= 4 is 29.9 Å². The molecule has 2 saturated heterocycles. The first-order valence-corrected chi connectivity index (χ1v) is 15.5. The number of primary amides is 1. The fourth-order valence-corrected chi connectivity index (χ4v) is 7.19. The highest BCUT2D eigenvalue weighted by molar-refractivity contribution is 7.98. The van der Waals surface area contributed by atoms with Crippen LogP contribution < -0.4 is 33.3 Å². The predicted octanol–water partition coefficient (Wildman–Crippen LogP) is 0.449. The van der Waals surface area contributed by atoms with E-state index in [4.69, 9.17) is 28.0 Å². The first-order valence-electron chi connectivity index (χ1n) is 14.6. The molecule has 0 spiro atoms. The molecule has 2 fully saturated rings. The van der Waals surface area contributed by atoms with E-state index < -0.39 is 41.3 Å². The van der Waals surface area contributed by atoms with Crippen molar-refractivity contribution in [3.8, 4) is 0 Å². The topological polar surface area (TPSA) is 202 Å². The first-order chi connectivity index (χ1) is 20.1. The molecule has 6 unspecified atom stereocenters. The SMILES string of the molecule is CC1CCC(F)=C(NC(=O)N(N)C2C=CC(C3NSC(N(N)C(=O)N(N)CCCN4CCOCC4)C3C(N)=O)CC2)C1. The molecule has 2 heterocycles. The molecule has 16 heteroatoms. The van der Waals surface area contributed by atoms with E-state index in [-0.39, 0.29) is 17.7 Å². The molecule has 0 aromatic rings. The lowest BCUT2D eigenvalue weighted by atomic mass is 9.81. The number of nitrogens with zero attached hydrogens (tertiary/aromatic N) is 4. The van der Waals surface area contributed by atoms with E-state index in [0.29, 0.717) is 57.6 Å². The largest absolute Gasteiger partial charge is 0.379 e. The maximum atomic E-state index is 14.2. The first kappa shape index (κ1) is 32.4. The van der Waals surface area contributed by atoms with Crippen molar-refractivity contribution in [3.05, 3.63) is 23.7 Å². The van der Waals surface area contributed by atoms with Crippen LogP contribution in [0.25, 0.3) is 0 Å². The molecule has 5 amide bonds. The molecular weight excluding hydrogens is 567 g/mol. The maximum Gasteiger partial charge on any atom is 0.349 e. The number of carbonyl (C=O) groups excluding carboxylic acids is 3. The molecule has 42 heavy (non-hydrogen) atoms. The van der Waals surface area contributed by atoms with Crippen LogP contribution in [0.5, 0.6) is 0 Å². The standard InChI is InChI=1S/C26H45FN10O4S/c1-16-3-8-19(27)20(15-16)32-25(39)36(30)18-6-4-17(5-7-18)22-21(23(28)38)24(42-33-22)37(31)26(40)35(29)10-2-9-34-11-13-41-14-12-34/h4,6,16-18,21-22,24,33H,2-3,5,7-15,29-31H2,1H3,(H2,28,38)(H,32,39). The molecule has 0 bridgehead atoms. The summed E-state index contributed by atoms with van der Waals surface area (Å²) in [5.74, 6) is 16.8. The van der Waals surface area contributed by atoms with Crippen LogP contribution in [0.15, 0.2) is 23.7 Å². The Morgan fingerprint density at radius 1 is 1.14 bits per heavy atom. The van der Waals surface area contributed by atoms with Crippen LogP contribution in [0.2, 0.25) is 0 Å². The predicted molar refractivity (Wildman–Crippen MR) is 157 cm³/mol. The van der Waals surface area contributed by atoms with Crippen LogP contribution in [0.3, 0.4) is 0 Å². The van der Waals surface area contributed by atoms with Gasteiger partial charge < -0.3 is 15.8 Å². The van der Waals surface area contributed by atoms with Gasteiger partial charge in [-0.3, -0.25) is 24.4 Å². The van der Waals surface area contributed by atoms with Crippen molar-refractivity contribution in [2.75, 3.05) is 39.4 Å². The maximum absolute atomic E-state index is 14.2. The molecule has 236 valence electrons. The van der Waals surface area contributed by atoms with Gasteiger partial charge in [-0.05, 0) is 43.9 Å². The number of hydrogen-bond acceptors (Lipinski definition) is 10. The molecule has 2 aliphatic heterocycles. The Labute approximate surface area is 250 Å². The number of urea groups is 2. The number of carbonyl (C=O) groups is 3. The van der Waals surface area contributed by atoms with Crippen molar-refractivity contribution in [1.29, 1.82) is 0 Å². The highest BCUT2D eigenvalue weighted by atomic mass is 32.2. The molecule has 4 rings (SSSR count). The van der Waals surface area contributed by atoms with Crippen LogP contribution in [0.1, 0.15) is 45.4 Å². The molecule has 14 nitrogen and oxygen atoms in total.